The fourth-order valence-electron chi connectivity index (χ4n) is 1.39. The van der Waals surface area contributed by atoms with Crippen molar-refractivity contribution in [1.82, 2.24) is 0 Å². The quantitative estimate of drug-likeness (QED) is 0.667. The zero-order valence-corrected chi connectivity index (χ0v) is 9.03. The summed E-state index contributed by atoms with van der Waals surface area (Å²) < 4.78 is 0. The highest BCUT2D eigenvalue weighted by Gasteiger charge is 2.05. The van der Waals surface area contributed by atoms with Gasteiger partial charge in [0.1, 0.15) is 5.78 Å². The van der Waals surface area contributed by atoms with Crippen LogP contribution >= 0.6 is 0 Å². The van der Waals surface area contributed by atoms with Crippen molar-refractivity contribution >= 4 is 11.6 Å². The molecule has 0 N–H and O–H groups in total. The maximum absolute atomic E-state index is 11.6. The lowest BCUT2D eigenvalue weighted by atomic mass is 10.0. The first-order valence-corrected chi connectivity index (χ1v) is 5.34. The number of benzene rings is 1. The zero-order chi connectivity index (χ0) is 11.1. The molecular formula is C13H16O2. The molecule has 2 nitrogen and oxygen atoms in total. The molecule has 0 aromatic heterocycles. The Kier molecular flexibility index (Phi) is 4.75. The average molecular weight is 204 g/mol. The molecule has 0 aliphatic heterocycles. The Morgan fingerprint density at radius 2 is 1.73 bits per heavy atom. The molecule has 0 amide bonds. The van der Waals surface area contributed by atoms with E-state index in [1.807, 2.05) is 37.3 Å². The molecule has 1 rings (SSSR count). The molecule has 2 heteroatoms. The van der Waals surface area contributed by atoms with Crippen LogP contribution in [0.15, 0.2) is 30.3 Å². The standard InChI is InChI=1S/C13H16O2/c1-2-12(14)9-6-10-13(15)11-7-4-3-5-8-11/h3-5,7-8H,2,6,9-10H2,1H3. The third-order valence-electron chi connectivity index (χ3n) is 2.35. The van der Waals surface area contributed by atoms with E-state index in [0.717, 1.165) is 5.56 Å². The van der Waals surface area contributed by atoms with Gasteiger partial charge in [0.25, 0.3) is 0 Å². The zero-order valence-electron chi connectivity index (χ0n) is 9.03. The van der Waals surface area contributed by atoms with Crippen LogP contribution in [-0.2, 0) is 4.79 Å². The van der Waals surface area contributed by atoms with Crippen LogP contribution in [0.2, 0.25) is 0 Å². The van der Waals surface area contributed by atoms with E-state index in [0.29, 0.717) is 25.7 Å². The Morgan fingerprint density at radius 3 is 2.33 bits per heavy atom. The van der Waals surface area contributed by atoms with Crippen LogP contribution < -0.4 is 0 Å². The van der Waals surface area contributed by atoms with Crippen molar-refractivity contribution < 1.29 is 9.59 Å². The molecule has 0 atom stereocenters. The summed E-state index contributed by atoms with van der Waals surface area (Å²) in [6, 6.07) is 9.21. The van der Waals surface area contributed by atoms with E-state index in [-0.39, 0.29) is 11.6 Å². The first-order valence-electron chi connectivity index (χ1n) is 5.34. The third-order valence-corrected chi connectivity index (χ3v) is 2.35. The smallest absolute Gasteiger partial charge is 0.162 e. The van der Waals surface area contributed by atoms with Crippen molar-refractivity contribution in [2.24, 2.45) is 0 Å². The summed E-state index contributed by atoms with van der Waals surface area (Å²) in [6.07, 6.45) is 2.23. The minimum atomic E-state index is 0.125. The second-order valence-corrected chi connectivity index (χ2v) is 3.53. The monoisotopic (exact) mass is 204 g/mol. The lowest BCUT2D eigenvalue weighted by molar-refractivity contribution is -0.118. The van der Waals surface area contributed by atoms with Crippen molar-refractivity contribution in [2.75, 3.05) is 0 Å². The summed E-state index contributed by atoms with van der Waals surface area (Å²) in [5.41, 5.74) is 0.737. The molecule has 0 radical (unpaired) electrons. The van der Waals surface area contributed by atoms with E-state index in [1.54, 1.807) is 0 Å². The van der Waals surface area contributed by atoms with Crippen LogP contribution in [-0.4, -0.2) is 11.6 Å². The van der Waals surface area contributed by atoms with E-state index in [4.69, 9.17) is 0 Å². The molecule has 0 unspecified atom stereocenters. The van der Waals surface area contributed by atoms with Crippen LogP contribution in [0.25, 0.3) is 0 Å². The van der Waals surface area contributed by atoms with Gasteiger partial charge in [-0.05, 0) is 6.42 Å². The molecular weight excluding hydrogens is 188 g/mol. The predicted molar refractivity (Wildman–Crippen MR) is 59.9 cm³/mol. The van der Waals surface area contributed by atoms with Gasteiger partial charge in [-0.25, -0.2) is 0 Å². The van der Waals surface area contributed by atoms with Crippen molar-refractivity contribution in [3.63, 3.8) is 0 Å². The van der Waals surface area contributed by atoms with Gasteiger partial charge >= 0.3 is 0 Å². The molecule has 1 aromatic carbocycles. The molecule has 80 valence electrons. The number of hydrogen-bond donors (Lipinski definition) is 0. The van der Waals surface area contributed by atoms with E-state index >= 15 is 0 Å². The molecule has 0 saturated carbocycles. The molecule has 0 fully saturated rings. The van der Waals surface area contributed by atoms with Gasteiger partial charge in [0, 0.05) is 24.8 Å². The highest BCUT2D eigenvalue weighted by molar-refractivity contribution is 5.96. The Labute approximate surface area is 90.3 Å². The van der Waals surface area contributed by atoms with Gasteiger partial charge in [0.05, 0.1) is 0 Å². The normalized spacial score (nSPS) is 9.93. The van der Waals surface area contributed by atoms with Crippen LogP contribution in [0.3, 0.4) is 0 Å². The second-order valence-electron chi connectivity index (χ2n) is 3.53. The largest absolute Gasteiger partial charge is 0.300 e. The summed E-state index contributed by atoms with van der Waals surface area (Å²) in [6.45, 7) is 1.85. The minimum absolute atomic E-state index is 0.125. The van der Waals surface area contributed by atoms with Gasteiger partial charge in [-0.2, -0.15) is 0 Å². The first-order chi connectivity index (χ1) is 7.24. The first kappa shape index (κ1) is 11.6. The number of hydrogen-bond acceptors (Lipinski definition) is 2. The van der Waals surface area contributed by atoms with E-state index in [2.05, 4.69) is 0 Å². The number of rotatable bonds is 6. The van der Waals surface area contributed by atoms with Crippen LogP contribution in [0, 0.1) is 0 Å². The topological polar surface area (TPSA) is 34.1 Å². The van der Waals surface area contributed by atoms with E-state index in [1.165, 1.54) is 0 Å². The highest BCUT2D eigenvalue weighted by Crippen LogP contribution is 2.07. The fraction of sp³-hybridized carbons (Fsp3) is 0.385. The number of carbonyl (C=O) groups excluding carboxylic acids is 2. The van der Waals surface area contributed by atoms with Crippen LogP contribution in [0.4, 0.5) is 0 Å². The lowest BCUT2D eigenvalue weighted by Gasteiger charge is -1.99. The SMILES string of the molecule is CCC(=O)CCCC(=O)c1ccccc1. The van der Waals surface area contributed by atoms with Gasteiger partial charge in [-0.1, -0.05) is 37.3 Å². The number of carbonyl (C=O) groups is 2. The summed E-state index contributed by atoms with van der Waals surface area (Å²) in [5.74, 6) is 0.357. The molecule has 0 aliphatic rings. The maximum atomic E-state index is 11.6. The average Bonchev–Trinajstić information content (AvgIpc) is 2.29. The lowest BCUT2D eigenvalue weighted by Crippen LogP contribution is -2.01. The van der Waals surface area contributed by atoms with Gasteiger partial charge in [-0.15, -0.1) is 0 Å². The molecule has 0 heterocycles. The molecule has 15 heavy (non-hydrogen) atoms. The van der Waals surface area contributed by atoms with Crippen molar-refractivity contribution in [2.45, 2.75) is 32.6 Å². The van der Waals surface area contributed by atoms with E-state index in [9.17, 15) is 9.59 Å². The van der Waals surface area contributed by atoms with E-state index < -0.39 is 0 Å². The molecule has 0 aliphatic carbocycles. The van der Waals surface area contributed by atoms with Crippen molar-refractivity contribution in [3.8, 4) is 0 Å². The number of Topliss-reactive ketones (excluding diaryl/α,β-unsaturated/α-hetero) is 2. The summed E-state index contributed by atoms with van der Waals surface area (Å²) in [7, 11) is 0. The summed E-state index contributed by atoms with van der Waals surface area (Å²) in [5, 5.41) is 0. The minimum Gasteiger partial charge on any atom is -0.300 e. The van der Waals surface area contributed by atoms with Crippen molar-refractivity contribution in [3.05, 3.63) is 35.9 Å². The molecule has 0 bridgehead atoms. The molecule has 0 saturated heterocycles. The molecule has 0 spiro atoms. The fourth-order valence-corrected chi connectivity index (χ4v) is 1.39. The van der Waals surface area contributed by atoms with Crippen molar-refractivity contribution in [1.29, 1.82) is 0 Å². The van der Waals surface area contributed by atoms with Crippen LogP contribution in [0.5, 0.6) is 0 Å². The Bertz CT molecular complexity index is 328. The van der Waals surface area contributed by atoms with Gasteiger partial charge in [0.2, 0.25) is 0 Å². The Balaban J connectivity index is 2.34. The van der Waals surface area contributed by atoms with Crippen LogP contribution in [0.1, 0.15) is 43.0 Å². The third kappa shape index (κ3) is 4.07. The number of ketones is 2. The maximum Gasteiger partial charge on any atom is 0.162 e. The predicted octanol–water partition coefficient (Wildman–Crippen LogP) is 3.02. The molecule has 1 aromatic rings. The Morgan fingerprint density at radius 1 is 1.07 bits per heavy atom. The van der Waals surface area contributed by atoms with Gasteiger partial charge in [-0.3, -0.25) is 9.59 Å². The highest BCUT2D eigenvalue weighted by atomic mass is 16.1. The van der Waals surface area contributed by atoms with Gasteiger partial charge < -0.3 is 0 Å². The summed E-state index contributed by atoms with van der Waals surface area (Å²) >= 11 is 0. The Hall–Kier alpha value is -1.44. The summed E-state index contributed by atoms with van der Waals surface area (Å²) in [4.78, 5) is 22.6. The van der Waals surface area contributed by atoms with Gasteiger partial charge in [0.15, 0.2) is 5.78 Å². The second kappa shape index (κ2) is 6.12.